The van der Waals surface area contributed by atoms with E-state index >= 15 is 0 Å². The highest BCUT2D eigenvalue weighted by Crippen LogP contribution is 2.22. The van der Waals surface area contributed by atoms with Crippen LogP contribution in [0.3, 0.4) is 0 Å². The number of carbonyl (C=O) groups is 1. The Balaban J connectivity index is 1.46. The Morgan fingerprint density at radius 1 is 1.38 bits per heavy atom. The number of aromatic amines is 1. The van der Waals surface area contributed by atoms with Gasteiger partial charge in [-0.25, -0.2) is 0 Å². The van der Waals surface area contributed by atoms with Gasteiger partial charge in [-0.1, -0.05) is 13.8 Å². The molecule has 2 saturated heterocycles. The lowest BCUT2D eigenvalue weighted by molar-refractivity contribution is -0.0733. The van der Waals surface area contributed by atoms with Crippen LogP contribution in [0.2, 0.25) is 0 Å². The summed E-state index contributed by atoms with van der Waals surface area (Å²) >= 11 is 0. The number of rotatable bonds is 5. The van der Waals surface area contributed by atoms with Crippen molar-refractivity contribution in [1.29, 1.82) is 0 Å². The van der Waals surface area contributed by atoms with E-state index in [-0.39, 0.29) is 24.0 Å². The first-order valence-electron chi connectivity index (χ1n) is 9.21. The summed E-state index contributed by atoms with van der Waals surface area (Å²) < 4.78 is 11.7. The van der Waals surface area contributed by atoms with E-state index in [1.165, 1.54) is 12.8 Å². The lowest BCUT2D eigenvalue weighted by Crippen LogP contribution is -2.42. The number of hydrogen-bond acceptors (Lipinski definition) is 4. The van der Waals surface area contributed by atoms with Crippen molar-refractivity contribution in [1.82, 2.24) is 15.1 Å². The molecular formula is C18H29N3O3. The molecular weight excluding hydrogens is 306 g/mol. The number of likely N-dealkylation sites (tertiary alicyclic amines) is 1. The zero-order chi connectivity index (χ0) is 16.9. The summed E-state index contributed by atoms with van der Waals surface area (Å²) in [4.78, 5) is 14.6. The van der Waals surface area contributed by atoms with Gasteiger partial charge in [-0.3, -0.25) is 9.89 Å². The van der Waals surface area contributed by atoms with Gasteiger partial charge >= 0.3 is 0 Å². The molecule has 1 N–H and O–H groups in total. The topological polar surface area (TPSA) is 67.5 Å². The van der Waals surface area contributed by atoms with Crippen LogP contribution >= 0.6 is 0 Å². The normalized spacial score (nSPS) is 23.0. The van der Waals surface area contributed by atoms with E-state index < -0.39 is 0 Å². The summed E-state index contributed by atoms with van der Waals surface area (Å²) in [5.41, 5.74) is 1.63. The molecule has 134 valence electrons. The minimum atomic E-state index is 0.0847. The summed E-state index contributed by atoms with van der Waals surface area (Å²) in [5.74, 6) is 0.351. The van der Waals surface area contributed by atoms with Gasteiger partial charge in [0.05, 0.1) is 36.3 Å². The van der Waals surface area contributed by atoms with Gasteiger partial charge in [0, 0.05) is 19.7 Å². The zero-order valence-corrected chi connectivity index (χ0v) is 14.8. The number of ether oxygens (including phenoxy) is 2. The molecule has 3 rings (SSSR count). The predicted molar refractivity (Wildman–Crippen MR) is 91.1 cm³/mol. The molecule has 0 aliphatic carbocycles. The van der Waals surface area contributed by atoms with Crippen LogP contribution in [0.25, 0.3) is 0 Å². The second-order valence-electron chi connectivity index (χ2n) is 7.17. The fraction of sp³-hybridized carbons (Fsp3) is 0.778. The van der Waals surface area contributed by atoms with E-state index in [2.05, 4.69) is 24.0 Å². The van der Waals surface area contributed by atoms with Crippen molar-refractivity contribution in [3.63, 3.8) is 0 Å². The van der Waals surface area contributed by atoms with Gasteiger partial charge in [-0.2, -0.15) is 5.10 Å². The van der Waals surface area contributed by atoms with Crippen LogP contribution in [0.4, 0.5) is 0 Å². The van der Waals surface area contributed by atoms with Crippen molar-refractivity contribution >= 4 is 5.91 Å². The molecule has 1 amide bonds. The van der Waals surface area contributed by atoms with Crippen LogP contribution in [0.1, 0.15) is 67.9 Å². The lowest BCUT2D eigenvalue weighted by Gasteiger charge is -2.33. The van der Waals surface area contributed by atoms with Gasteiger partial charge in [-0.05, 0) is 38.0 Å². The molecule has 2 aliphatic heterocycles. The fourth-order valence-electron chi connectivity index (χ4n) is 3.48. The Bertz CT molecular complexity index is 529. The van der Waals surface area contributed by atoms with Gasteiger partial charge in [0.25, 0.3) is 5.91 Å². The van der Waals surface area contributed by atoms with Gasteiger partial charge in [0.15, 0.2) is 0 Å². The van der Waals surface area contributed by atoms with Crippen molar-refractivity contribution < 1.29 is 14.3 Å². The van der Waals surface area contributed by atoms with Crippen LogP contribution in [-0.4, -0.2) is 59.5 Å². The summed E-state index contributed by atoms with van der Waals surface area (Å²) in [6.07, 6.45) is 7.47. The molecule has 0 saturated carbocycles. The monoisotopic (exact) mass is 335 g/mol. The van der Waals surface area contributed by atoms with Crippen LogP contribution < -0.4 is 0 Å². The average molecular weight is 335 g/mol. The molecule has 0 aromatic carbocycles. The highest BCUT2D eigenvalue weighted by molar-refractivity contribution is 5.95. The van der Waals surface area contributed by atoms with Gasteiger partial charge in [-0.15, -0.1) is 0 Å². The number of hydrogen-bond donors (Lipinski definition) is 1. The van der Waals surface area contributed by atoms with Crippen LogP contribution in [-0.2, 0) is 9.47 Å². The summed E-state index contributed by atoms with van der Waals surface area (Å²) in [5, 5.41) is 7.00. The molecule has 24 heavy (non-hydrogen) atoms. The molecule has 1 aromatic rings. The summed E-state index contributed by atoms with van der Waals surface area (Å²) in [7, 11) is 0. The molecule has 6 nitrogen and oxygen atoms in total. The van der Waals surface area contributed by atoms with Crippen molar-refractivity contribution in [2.75, 3.05) is 26.3 Å². The van der Waals surface area contributed by atoms with E-state index in [1.807, 2.05) is 4.90 Å². The highest BCUT2D eigenvalue weighted by atomic mass is 16.5. The zero-order valence-electron chi connectivity index (χ0n) is 14.8. The van der Waals surface area contributed by atoms with Gasteiger partial charge in [0.2, 0.25) is 0 Å². The minimum absolute atomic E-state index is 0.0847. The first kappa shape index (κ1) is 17.4. The third-order valence-electron chi connectivity index (χ3n) is 5.00. The van der Waals surface area contributed by atoms with E-state index in [4.69, 9.17) is 9.47 Å². The number of nitrogens with one attached hydrogen (secondary N) is 1. The number of aromatic nitrogens is 2. The Labute approximate surface area is 143 Å². The molecule has 0 bridgehead atoms. The Hall–Kier alpha value is -1.40. The summed E-state index contributed by atoms with van der Waals surface area (Å²) in [6.45, 7) is 7.19. The van der Waals surface area contributed by atoms with Gasteiger partial charge in [0.1, 0.15) is 0 Å². The molecule has 3 heterocycles. The van der Waals surface area contributed by atoms with Crippen LogP contribution in [0.15, 0.2) is 6.20 Å². The quantitative estimate of drug-likeness (QED) is 0.898. The molecule has 1 unspecified atom stereocenters. The third-order valence-corrected chi connectivity index (χ3v) is 5.00. The first-order valence-corrected chi connectivity index (χ1v) is 9.21. The van der Waals surface area contributed by atoms with E-state index in [9.17, 15) is 4.79 Å². The van der Waals surface area contributed by atoms with Crippen LogP contribution in [0.5, 0.6) is 0 Å². The maximum absolute atomic E-state index is 12.7. The molecule has 1 atom stereocenters. The molecule has 2 aliphatic rings. The predicted octanol–water partition coefficient (Wildman–Crippen LogP) is 2.72. The largest absolute Gasteiger partial charge is 0.376 e. The average Bonchev–Trinajstić information content (AvgIpc) is 3.11. The maximum atomic E-state index is 12.7. The third kappa shape index (κ3) is 4.16. The number of nitrogens with zero attached hydrogens (tertiary/aromatic N) is 2. The second kappa shape index (κ2) is 8.12. The van der Waals surface area contributed by atoms with Crippen LogP contribution in [0, 0.1) is 0 Å². The van der Waals surface area contributed by atoms with Gasteiger partial charge < -0.3 is 14.4 Å². The maximum Gasteiger partial charge on any atom is 0.257 e. The standard InChI is InChI=1S/C18H29N3O3/c1-13(2)17-16(11-19-20-17)18(22)21-8-6-14(7-9-21)24-12-15-5-3-4-10-23-15/h11,13-15H,3-10,12H2,1-2H3,(H,19,20). The Kier molecular flexibility index (Phi) is 5.89. The highest BCUT2D eigenvalue weighted by Gasteiger charge is 2.27. The second-order valence-corrected chi connectivity index (χ2v) is 7.17. The van der Waals surface area contributed by atoms with E-state index in [0.717, 1.165) is 44.7 Å². The summed E-state index contributed by atoms with van der Waals surface area (Å²) in [6, 6.07) is 0. The minimum Gasteiger partial charge on any atom is -0.376 e. The Morgan fingerprint density at radius 2 is 2.17 bits per heavy atom. The molecule has 0 spiro atoms. The number of amides is 1. The number of H-pyrrole nitrogens is 1. The van der Waals surface area contributed by atoms with Crippen molar-refractivity contribution in [3.05, 3.63) is 17.5 Å². The molecule has 2 fully saturated rings. The first-order chi connectivity index (χ1) is 11.6. The van der Waals surface area contributed by atoms with Crippen molar-refractivity contribution in [2.24, 2.45) is 0 Å². The van der Waals surface area contributed by atoms with E-state index in [1.54, 1.807) is 6.20 Å². The molecule has 1 aromatic heterocycles. The molecule has 6 heteroatoms. The van der Waals surface area contributed by atoms with E-state index in [0.29, 0.717) is 12.2 Å². The number of carbonyl (C=O) groups excluding carboxylic acids is 1. The number of piperidine rings is 1. The fourth-order valence-corrected chi connectivity index (χ4v) is 3.48. The lowest BCUT2D eigenvalue weighted by atomic mass is 10.0. The Morgan fingerprint density at radius 3 is 2.83 bits per heavy atom. The molecule has 0 radical (unpaired) electrons. The van der Waals surface area contributed by atoms with Crippen molar-refractivity contribution in [3.8, 4) is 0 Å². The van der Waals surface area contributed by atoms with Crippen molar-refractivity contribution in [2.45, 2.75) is 64.1 Å². The smallest absolute Gasteiger partial charge is 0.257 e. The SMILES string of the molecule is CC(C)c1[nH]ncc1C(=O)N1CCC(OCC2CCCCO2)CC1.